The molecule has 0 aliphatic carbocycles. The minimum absolute atomic E-state index is 0.0958. The van der Waals surface area contributed by atoms with Crippen molar-refractivity contribution in [3.63, 3.8) is 0 Å². The van der Waals surface area contributed by atoms with Crippen LogP contribution in [0, 0.1) is 5.82 Å². The van der Waals surface area contributed by atoms with Gasteiger partial charge in [0.1, 0.15) is 18.2 Å². The summed E-state index contributed by atoms with van der Waals surface area (Å²) in [5.74, 6) is -0.106. The SMILES string of the molecule is O=C1S/C(=C/c2cccc(OCc3ccccc3F)c2)C(=O)N1Cc1ccccc1Br. The molecule has 2 amide bonds. The van der Waals surface area contributed by atoms with Crippen LogP contribution in [-0.2, 0) is 17.9 Å². The number of imide groups is 1. The zero-order valence-electron chi connectivity index (χ0n) is 16.3. The lowest BCUT2D eigenvalue weighted by atomic mass is 10.2. The Morgan fingerprint density at radius 3 is 2.48 bits per heavy atom. The van der Waals surface area contributed by atoms with Crippen LogP contribution in [0.25, 0.3) is 6.08 Å². The van der Waals surface area contributed by atoms with Crippen LogP contribution in [0.4, 0.5) is 9.18 Å². The van der Waals surface area contributed by atoms with Gasteiger partial charge in [-0.3, -0.25) is 14.5 Å². The molecular formula is C24H17BrFNO3S. The molecule has 4 nitrogen and oxygen atoms in total. The first kappa shape index (κ1) is 21.3. The van der Waals surface area contributed by atoms with E-state index in [0.29, 0.717) is 16.2 Å². The number of carbonyl (C=O) groups is 2. The second kappa shape index (κ2) is 9.49. The van der Waals surface area contributed by atoms with Crippen LogP contribution in [0.15, 0.2) is 82.2 Å². The molecule has 156 valence electrons. The summed E-state index contributed by atoms with van der Waals surface area (Å²) in [5.41, 5.74) is 2.04. The minimum Gasteiger partial charge on any atom is -0.489 e. The third kappa shape index (κ3) is 5.06. The largest absolute Gasteiger partial charge is 0.489 e. The van der Waals surface area contributed by atoms with Crippen molar-refractivity contribution in [2.45, 2.75) is 13.2 Å². The van der Waals surface area contributed by atoms with Crippen LogP contribution >= 0.6 is 27.7 Å². The number of rotatable bonds is 6. The molecule has 1 saturated heterocycles. The number of carbonyl (C=O) groups excluding carboxylic acids is 2. The molecule has 1 fully saturated rings. The van der Waals surface area contributed by atoms with E-state index in [1.54, 1.807) is 42.5 Å². The van der Waals surface area contributed by atoms with Crippen LogP contribution in [-0.4, -0.2) is 16.0 Å². The molecule has 0 radical (unpaired) electrons. The van der Waals surface area contributed by atoms with Crippen molar-refractivity contribution in [1.82, 2.24) is 4.90 Å². The fourth-order valence-corrected chi connectivity index (χ4v) is 4.30. The first-order valence-electron chi connectivity index (χ1n) is 9.46. The second-order valence-corrected chi connectivity index (χ2v) is 8.66. The van der Waals surface area contributed by atoms with E-state index < -0.39 is 0 Å². The Morgan fingerprint density at radius 1 is 0.968 bits per heavy atom. The molecule has 3 aromatic carbocycles. The lowest BCUT2D eigenvalue weighted by Crippen LogP contribution is -2.27. The summed E-state index contributed by atoms with van der Waals surface area (Å²) in [6.07, 6.45) is 1.67. The van der Waals surface area contributed by atoms with Crippen molar-refractivity contribution in [3.05, 3.63) is 105 Å². The molecule has 0 N–H and O–H groups in total. The number of hydrogen-bond acceptors (Lipinski definition) is 4. The van der Waals surface area contributed by atoms with Crippen molar-refractivity contribution in [2.75, 3.05) is 0 Å². The van der Waals surface area contributed by atoms with Gasteiger partial charge in [0.15, 0.2) is 0 Å². The maximum Gasteiger partial charge on any atom is 0.293 e. The van der Waals surface area contributed by atoms with Gasteiger partial charge < -0.3 is 4.74 Å². The molecule has 3 aromatic rings. The number of amides is 2. The molecule has 0 bridgehead atoms. The van der Waals surface area contributed by atoms with E-state index >= 15 is 0 Å². The molecular weight excluding hydrogens is 481 g/mol. The molecule has 4 rings (SSSR count). The number of nitrogens with zero attached hydrogens (tertiary/aromatic N) is 1. The highest BCUT2D eigenvalue weighted by Gasteiger charge is 2.35. The van der Waals surface area contributed by atoms with Gasteiger partial charge in [-0.1, -0.05) is 64.5 Å². The van der Waals surface area contributed by atoms with E-state index in [-0.39, 0.29) is 30.1 Å². The maximum atomic E-state index is 13.8. The molecule has 7 heteroatoms. The van der Waals surface area contributed by atoms with Gasteiger partial charge in [0, 0.05) is 10.0 Å². The minimum atomic E-state index is -0.330. The molecule has 0 atom stereocenters. The first-order valence-corrected chi connectivity index (χ1v) is 11.1. The van der Waals surface area contributed by atoms with Gasteiger partial charge in [0.05, 0.1) is 11.4 Å². The molecule has 1 aliphatic heterocycles. The van der Waals surface area contributed by atoms with Crippen molar-refractivity contribution < 1.29 is 18.7 Å². The Hall–Kier alpha value is -2.90. The topological polar surface area (TPSA) is 46.6 Å². The highest BCUT2D eigenvalue weighted by atomic mass is 79.9. The van der Waals surface area contributed by atoms with Gasteiger partial charge in [-0.15, -0.1) is 0 Å². The third-order valence-corrected chi connectivity index (χ3v) is 6.35. The zero-order chi connectivity index (χ0) is 21.8. The van der Waals surface area contributed by atoms with Crippen LogP contribution in [0.2, 0.25) is 0 Å². The molecule has 0 spiro atoms. The van der Waals surface area contributed by atoms with Crippen LogP contribution < -0.4 is 4.74 Å². The monoisotopic (exact) mass is 497 g/mol. The van der Waals surface area contributed by atoms with Crippen molar-refractivity contribution in [3.8, 4) is 5.75 Å². The summed E-state index contributed by atoms with van der Waals surface area (Å²) >= 11 is 4.36. The van der Waals surface area contributed by atoms with Crippen LogP contribution in [0.1, 0.15) is 16.7 Å². The predicted molar refractivity (Wildman–Crippen MR) is 123 cm³/mol. The highest BCUT2D eigenvalue weighted by molar-refractivity contribution is 9.10. The number of hydrogen-bond donors (Lipinski definition) is 0. The highest BCUT2D eigenvalue weighted by Crippen LogP contribution is 2.34. The summed E-state index contributed by atoms with van der Waals surface area (Å²) in [6.45, 7) is 0.299. The first-order chi connectivity index (χ1) is 15.0. The molecule has 1 aliphatic rings. The van der Waals surface area contributed by atoms with Crippen molar-refractivity contribution >= 4 is 44.9 Å². The van der Waals surface area contributed by atoms with Gasteiger partial charge >= 0.3 is 0 Å². The van der Waals surface area contributed by atoms with Crippen molar-refractivity contribution in [2.24, 2.45) is 0 Å². The fourth-order valence-electron chi connectivity index (χ4n) is 3.06. The normalized spacial score (nSPS) is 15.0. The smallest absolute Gasteiger partial charge is 0.293 e. The number of ether oxygens (including phenoxy) is 1. The maximum absolute atomic E-state index is 13.8. The summed E-state index contributed by atoms with van der Waals surface area (Å²) in [6, 6.07) is 21.0. The van der Waals surface area contributed by atoms with Gasteiger partial charge in [-0.25, -0.2) is 4.39 Å². The van der Waals surface area contributed by atoms with E-state index in [2.05, 4.69) is 15.9 Å². The van der Waals surface area contributed by atoms with Gasteiger partial charge in [0.25, 0.3) is 11.1 Å². The lowest BCUT2D eigenvalue weighted by molar-refractivity contribution is -0.123. The fraction of sp³-hybridized carbons (Fsp3) is 0.0833. The average Bonchev–Trinajstić information content (AvgIpc) is 3.02. The Balaban J connectivity index is 1.48. The van der Waals surface area contributed by atoms with E-state index in [9.17, 15) is 14.0 Å². The van der Waals surface area contributed by atoms with E-state index in [1.807, 2.05) is 30.3 Å². The number of thioether (sulfide) groups is 1. The molecule has 0 aromatic heterocycles. The second-order valence-electron chi connectivity index (χ2n) is 6.81. The molecule has 1 heterocycles. The lowest BCUT2D eigenvalue weighted by Gasteiger charge is -2.13. The average molecular weight is 498 g/mol. The Kier molecular flexibility index (Phi) is 6.53. The van der Waals surface area contributed by atoms with E-state index in [0.717, 1.165) is 27.4 Å². The Bertz CT molecular complexity index is 1180. The number of halogens is 2. The van der Waals surface area contributed by atoms with Gasteiger partial charge in [-0.2, -0.15) is 0 Å². The summed E-state index contributed by atoms with van der Waals surface area (Å²) < 4.78 is 20.3. The Labute approximate surface area is 191 Å². The Morgan fingerprint density at radius 2 is 1.71 bits per heavy atom. The van der Waals surface area contributed by atoms with Crippen molar-refractivity contribution in [1.29, 1.82) is 0 Å². The summed E-state index contributed by atoms with van der Waals surface area (Å²) in [4.78, 5) is 26.8. The third-order valence-electron chi connectivity index (χ3n) is 4.67. The predicted octanol–water partition coefficient (Wildman–Crippen LogP) is 6.40. The van der Waals surface area contributed by atoms with Gasteiger partial charge in [0.2, 0.25) is 0 Å². The molecule has 31 heavy (non-hydrogen) atoms. The molecule has 0 saturated carbocycles. The number of benzene rings is 3. The van der Waals surface area contributed by atoms with Crippen LogP contribution in [0.5, 0.6) is 5.75 Å². The molecule has 0 unspecified atom stereocenters. The summed E-state index contributed by atoms with van der Waals surface area (Å²) in [7, 11) is 0. The van der Waals surface area contributed by atoms with Gasteiger partial charge in [-0.05, 0) is 53.2 Å². The van der Waals surface area contributed by atoms with E-state index in [1.165, 1.54) is 11.0 Å². The van der Waals surface area contributed by atoms with Crippen LogP contribution in [0.3, 0.4) is 0 Å². The quantitative estimate of drug-likeness (QED) is 0.369. The standard InChI is InChI=1S/C24H17BrFNO3S/c25-20-10-3-1-7-17(20)14-27-23(28)22(31-24(27)29)13-16-6-5-9-19(12-16)30-15-18-8-2-4-11-21(18)26/h1-13H,14-15H2/b22-13+. The zero-order valence-corrected chi connectivity index (χ0v) is 18.7. The van der Waals surface area contributed by atoms with E-state index in [4.69, 9.17) is 4.74 Å². The summed E-state index contributed by atoms with van der Waals surface area (Å²) in [5, 5.41) is -0.307.